The van der Waals surface area contributed by atoms with E-state index in [-0.39, 0.29) is 12.3 Å². The van der Waals surface area contributed by atoms with Gasteiger partial charge in [0, 0.05) is 0 Å². The van der Waals surface area contributed by atoms with Gasteiger partial charge in [0.05, 0.1) is 12.8 Å². The summed E-state index contributed by atoms with van der Waals surface area (Å²) in [5.41, 5.74) is 10.8. The summed E-state index contributed by atoms with van der Waals surface area (Å²) in [5, 5.41) is 11.3. The highest BCUT2D eigenvalue weighted by atomic mass is 17.5. The van der Waals surface area contributed by atoms with Gasteiger partial charge >= 0.3 is 0 Å². The summed E-state index contributed by atoms with van der Waals surface area (Å²) in [4.78, 5) is 4.29. The predicted octanol–water partition coefficient (Wildman–Crippen LogP) is 1.15. The molecule has 0 saturated heterocycles. The standard InChI is InChI=1S/C8H20N2O3.H3N/c9-8(10)6-4-2-1-3-5-7-12-13-11;/h8,11H,1-7,9-10H2;1H3. The van der Waals surface area contributed by atoms with E-state index in [4.69, 9.17) is 16.7 Å². The zero-order valence-electron chi connectivity index (χ0n) is 8.65. The molecule has 0 aliphatic heterocycles. The molecule has 14 heavy (non-hydrogen) atoms. The van der Waals surface area contributed by atoms with Crippen LogP contribution in [0.1, 0.15) is 38.5 Å². The fourth-order valence-corrected chi connectivity index (χ4v) is 1.11. The Hall–Kier alpha value is -0.240. The summed E-state index contributed by atoms with van der Waals surface area (Å²) in [5.74, 6) is 0. The highest BCUT2D eigenvalue weighted by Gasteiger charge is 1.94. The Balaban J connectivity index is 0. The SMILES string of the molecule is N.NC(N)CCCCCCCOOO. The van der Waals surface area contributed by atoms with Gasteiger partial charge in [-0.2, -0.15) is 0 Å². The molecule has 0 saturated carbocycles. The zero-order valence-corrected chi connectivity index (χ0v) is 8.65. The lowest BCUT2D eigenvalue weighted by molar-refractivity contribution is -0.490. The predicted molar refractivity (Wildman–Crippen MR) is 54.6 cm³/mol. The van der Waals surface area contributed by atoms with Crippen LogP contribution in [0.5, 0.6) is 0 Å². The maximum absolute atomic E-state index is 7.82. The van der Waals surface area contributed by atoms with Crippen LogP contribution in [0.4, 0.5) is 0 Å². The molecule has 0 rings (SSSR count). The molecule has 0 spiro atoms. The van der Waals surface area contributed by atoms with Crippen molar-refractivity contribution in [2.75, 3.05) is 6.61 Å². The molecule has 0 atom stereocenters. The molecule has 0 aromatic heterocycles. The maximum Gasteiger partial charge on any atom is 0.0853 e. The first-order valence-corrected chi connectivity index (χ1v) is 4.71. The van der Waals surface area contributed by atoms with Crippen LogP contribution >= 0.6 is 0 Å². The molecule has 0 amide bonds. The van der Waals surface area contributed by atoms with E-state index in [1.165, 1.54) is 0 Å². The summed E-state index contributed by atoms with van der Waals surface area (Å²) >= 11 is 0. The Kier molecular flexibility index (Phi) is 14.8. The van der Waals surface area contributed by atoms with E-state index in [1.807, 2.05) is 0 Å². The number of rotatable bonds is 9. The molecule has 6 nitrogen and oxygen atoms in total. The molecule has 6 heteroatoms. The topological polar surface area (TPSA) is 126 Å². The lowest BCUT2D eigenvalue weighted by atomic mass is 10.1. The fraction of sp³-hybridized carbons (Fsp3) is 1.00. The third kappa shape index (κ3) is 14.3. The van der Waals surface area contributed by atoms with Gasteiger partial charge in [0.2, 0.25) is 0 Å². The van der Waals surface area contributed by atoms with Crippen LogP contribution < -0.4 is 17.6 Å². The average Bonchev–Trinajstić information content (AvgIpc) is 2.09. The lowest BCUT2D eigenvalue weighted by Crippen LogP contribution is -2.29. The highest BCUT2D eigenvalue weighted by Crippen LogP contribution is 2.05. The smallest absolute Gasteiger partial charge is 0.0853 e. The molecule has 0 unspecified atom stereocenters. The van der Waals surface area contributed by atoms with Crippen LogP contribution in [0.3, 0.4) is 0 Å². The van der Waals surface area contributed by atoms with Crippen molar-refractivity contribution in [1.82, 2.24) is 6.15 Å². The molecule has 0 aliphatic rings. The van der Waals surface area contributed by atoms with E-state index in [0.717, 1.165) is 38.5 Å². The Morgan fingerprint density at radius 3 is 2.14 bits per heavy atom. The highest BCUT2D eigenvalue weighted by molar-refractivity contribution is 4.51. The van der Waals surface area contributed by atoms with Gasteiger partial charge in [0.15, 0.2) is 0 Å². The molecule has 0 radical (unpaired) electrons. The molecule has 0 bridgehead atoms. The minimum absolute atomic E-state index is 0. The molecule has 88 valence electrons. The van der Waals surface area contributed by atoms with Gasteiger partial charge in [-0.3, -0.25) is 0 Å². The van der Waals surface area contributed by atoms with Crippen molar-refractivity contribution in [2.24, 2.45) is 11.5 Å². The molecular formula is C8H23N3O3. The summed E-state index contributed by atoms with van der Waals surface area (Å²) in [6, 6.07) is 0. The Morgan fingerprint density at radius 1 is 1.00 bits per heavy atom. The number of unbranched alkanes of at least 4 members (excludes halogenated alkanes) is 4. The van der Waals surface area contributed by atoms with Crippen LogP contribution in [0.2, 0.25) is 0 Å². The van der Waals surface area contributed by atoms with Crippen molar-refractivity contribution in [1.29, 1.82) is 0 Å². The molecule has 0 heterocycles. The summed E-state index contributed by atoms with van der Waals surface area (Å²) < 4.78 is 0. The number of hydrogen-bond acceptors (Lipinski definition) is 6. The Labute approximate surface area is 85.0 Å². The van der Waals surface area contributed by atoms with Gasteiger partial charge in [-0.1, -0.05) is 30.7 Å². The van der Waals surface area contributed by atoms with Crippen molar-refractivity contribution in [2.45, 2.75) is 44.7 Å². The molecule has 8 N–H and O–H groups in total. The number of hydrogen-bond donors (Lipinski definition) is 4. The third-order valence-electron chi connectivity index (χ3n) is 1.82. The minimum atomic E-state index is -0.175. The monoisotopic (exact) mass is 209 g/mol. The van der Waals surface area contributed by atoms with Gasteiger partial charge in [-0.15, -0.1) is 0 Å². The van der Waals surface area contributed by atoms with Crippen molar-refractivity contribution < 1.29 is 15.2 Å². The van der Waals surface area contributed by atoms with Crippen LogP contribution in [-0.4, -0.2) is 18.0 Å². The number of nitrogens with two attached hydrogens (primary N) is 2. The quantitative estimate of drug-likeness (QED) is 0.195. The summed E-state index contributed by atoms with van der Waals surface area (Å²) in [6.07, 6.45) is 6.04. The van der Waals surface area contributed by atoms with Gasteiger partial charge in [-0.05, 0) is 12.8 Å². The normalized spacial score (nSPS) is 10.3. The first-order valence-electron chi connectivity index (χ1n) is 4.71. The van der Waals surface area contributed by atoms with E-state index in [2.05, 4.69) is 9.93 Å². The van der Waals surface area contributed by atoms with Crippen molar-refractivity contribution in [3.8, 4) is 0 Å². The van der Waals surface area contributed by atoms with Crippen molar-refractivity contribution in [3.05, 3.63) is 0 Å². The van der Waals surface area contributed by atoms with Crippen LogP contribution in [-0.2, 0) is 9.93 Å². The average molecular weight is 209 g/mol. The molecule has 0 fully saturated rings. The second-order valence-electron chi connectivity index (χ2n) is 3.12. The van der Waals surface area contributed by atoms with Gasteiger partial charge in [-0.25, -0.2) is 10.1 Å². The van der Waals surface area contributed by atoms with Crippen molar-refractivity contribution in [3.63, 3.8) is 0 Å². The van der Waals surface area contributed by atoms with E-state index in [0.29, 0.717) is 6.61 Å². The molecule has 0 aromatic carbocycles. The molecule has 0 aliphatic carbocycles. The largest absolute Gasteiger partial charge is 0.344 e. The Bertz CT molecular complexity index is 104. The van der Waals surface area contributed by atoms with Gasteiger partial charge in [0.1, 0.15) is 0 Å². The fourth-order valence-electron chi connectivity index (χ4n) is 1.11. The van der Waals surface area contributed by atoms with E-state index in [9.17, 15) is 0 Å². The first-order chi connectivity index (χ1) is 6.27. The van der Waals surface area contributed by atoms with E-state index < -0.39 is 0 Å². The zero-order chi connectivity index (χ0) is 9.94. The van der Waals surface area contributed by atoms with Crippen molar-refractivity contribution >= 4 is 0 Å². The van der Waals surface area contributed by atoms with Crippen LogP contribution in [0, 0.1) is 0 Å². The summed E-state index contributed by atoms with van der Waals surface area (Å²) in [6.45, 7) is 0.437. The van der Waals surface area contributed by atoms with Crippen LogP contribution in [0.15, 0.2) is 0 Å². The maximum atomic E-state index is 7.82. The first kappa shape index (κ1) is 16.2. The Morgan fingerprint density at radius 2 is 1.57 bits per heavy atom. The van der Waals surface area contributed by atoms with Gasteiger partial charge in [0.25, 0.3) is 0 Å². The lowest BCUT2D eigenvalue weighted by Gasteiger charge is -2.04. The third-order valence-corrected chi connectivity index (χ3v) is 1.82. The van der Waals surface area contributed by atoms with E-state index >= 15 is 0 Å². The molecular weight excluding hydrogens is 186 g/mol. The van der Waals surface area contributed by atoms with Gasteiger partial charge < -0.3 is 17.6 Å². The minimum Gasteiger partial charge on any atom is -0.344 e. The van der Waals surface area contributed by atoms with Crippen LogP contribution in [0.25, 0.3) is 0 Å². The molecule has 0 aromatic rings. The summed E-state index contributed by atoms with van der Waals surface area (Å²) in [7, 11) is 0. The second-order valence-corrected chi connectivity index (χ2v) is 3.12. The second kappa shape index (κ2) is 12.8. The van der Waals surface area contributed by atoms with E-state index in [1.54, 1.807) is 0 Å².